The zero-order valence-corrected chi connectivity index (χ0v) is 10.6. The van der Waals surface area contributed by atoms with Crippen molar-refractivity contribution in [2.24, 2.45) is 0 Å². The van der Waals surface area contributed by atoms with Crippen LogP contribution in [-0.4, -0.2) is 33.2 Å². The van der Waals surface area contributed by atoms with Gasteiger partial charge >= 0.3 is 0 Å². The van der Waals surface area contributed by atoms with Crippen molar-refractivity contribution in [2.75, 3.05) is 24.7 Å². The third kappa shape index (κ3) is 3.32. The van der Waals surface area contributed by atoms with E-state index in [1.807, 2.05) is 0 Å². The second-order valence-electron chi connectivity index (χ2n) is 3.68. The van der Waals surface area contributed by atoms with E-state index in [-0.39, 0.29) is 17.5 Å². The number of nitrogen functional groups attached to an aromatic ring is 1. The number of hydrogen-bond acceptors (Lipinski definition) is 5. The molecule has 0 aliphatic heterocycles. The SMILES string of the molecule is CNS(=O)(=O)c1ccc(NC(C)CO)c(N)c1. The molecule has 0 heterocycles. The van der Waals surface area contributed by atoms with E-state index in [0.29, 0.717) is 11.4 Å². The summed E-state index contributed by atoms with van der Waals surface area (Å²) in [5.41, 5.74) is 6.66. The molecule has 0 radical (unpaired) electrons. The summed E-state index contributed by atoms with van der Waals surface area (Å²) in [6, 6.07) is 4.25. The molecule has 0 saturated carbocycles. The van der Waals surface area contributed by atoms with E-state index in [4.69, 9.17) is 10.8 Å². The van der Waals surface area contributed by atoms with Crippen molar-refractivity contribution in [3.8, 4) is 0 Å². The molecule has 0 spiro atoms. The van der Waals surface area contributed by atoms with Crippen molar-refractivity contribution in [2.45, 2.75) is 17.9 Å². The summed E-state index contributed by atoms with van der Waals surface area (Å²) in [6.45, 7) is 1.76. The van der Waals surface area contributed by atoms with Gasteiger partial charge in [0.05, 0.1) is 22.9 Å². The Bertz CT molecular complexity index is 488. The van der Waals surface area contributed by atoms with E-state index in [9.17, 15) is 8.42 Å². The molecule has 1 rings (SSSR count). The second-order valence-corrected chi connectivity index (χ2v) is 5.57. The van der Waals surface area contributed by atoms with Gasteiger partial charge < -0.3 is 16.2 Å². The van der Waals surface area contributed by atoms with Crippen molar-refractivity contribution in [1.29, 1.82) is 0 Å². The van der Waals surface area contributed by atoms with Gasteiger partial charge in [-0.15, -0.1) is 0 Å². The van der Waals surface area contributed by atoms with Crippen LogP contribution in [0, 0.1) is 0 Å². The van der Waals surface area contributed by atoms with Gasteiger partial charge in [-0.1, -0.05) is 0 Å². The maximum absolute atomic E-state index is 11.5. The minimum atomic E-state index is -3.48. The normalized spacial score (nSPS) is 13.4. The molecule has 1 unspecified atom stereocenters. The van der Waals surface area contributed by atoms with Crippen LogP contribution in [0.1, 0.15) is 6.92 Å². The van der Waals surface area contributed by atoms with Gasteiger partial charge in [-0.25, -0.2) is 13.1 Å². The first-order valence-electron chi connectivity index (χ1n) is 5.11. The van der Waals surface area contributed by atoms with Gasteiger partial charge in [0.2, 0.25) is 10.0 Å². The molecule has 5 N–H and O–H groups in total. The van der Waals surface area contributed by atoms with Crippen LogP contribution in [0.3, 0.4) is 0 Å². The molecule has 0 saturated heterocycles. The fourth-order valence-corrected chi connectivity index (χ4v) is 2.03. The first-order valence-corrected chi connectivity index (χ1v) is 6.59. The lowest BCUT2D eigenvalue weighted by Gasteiger charge is -2.15. The minimum Gasteiger partial charge on any atom is -0.397 e. The predicted octanol–water partition coefficient (Wildman–Crippen LogP) is -0.0304. The van der Waals surface area contributed by atoms with Crippen molar-refractivity contribution in [3.05, 3.63) is 18.2 Å². The Labute approximate surface area is 101 Å². The van der Waals surface area contributed by atoms with Crippen LogP contribution >= 0.6 is 0 Å². The van der Waals surface area contributed by atoms with Crippen molar-refractivity contribution < 1.29 is 13.5 Å². The molecular weight excluding hydrogens is 242 g/mol. The smallest absolute Gasteiger partial charge is 0.240 e. The Balaban J connectivity index is 3.02. The fraction of sp³-hybridized carbons (Fsp3) is 0.400. The largest absolute Gasteiger partial charge is 0.397 e. The van der Waals surface area contributed by atoms with Crippen LogP contribution in [0.25, 0.3) is 0 Å². The highest BCUT2D eigenvalue weighted by Gasteiger charge is 2.13. The number of aliphatic hydroxyl groups is 1. The molecule has 1 aromatic carbocycles. The van der Waals surface area contributed by atoms with Crippen LogP contribution in [0.5, 0.6) is 0 Å². The van der Waals surface area contributed by atoms with Crippen LogP contribution < -0.4 is 15.8 Å². The monoisotopic (exact) mass is 259 g/mol. The molecule has 0 amide bonds. The van der Waals surface area contributed by atoms with Gasteiger partial charge in [0, 0.05) is 6.04 Å². The second kappa shape index (κ2) is 5.35. The third-order valence-electron chi connectivity index (χ3n) is 2.28. The average Bonchev–Trinajstić information content (AvgIpc) is 2.31. The van der Waals surface area contributed by atoms with Crippen molar-refractivity contribution in [3.63, 3.8) is 0 Å². The predicted molar refractivity (Wildman–Crippen MR) is 67.3 cm³/mol. The lowest BCUT2D eigenvalue weighted by atomic mass is 10.2. The van der Waals surface area contributed by atoms with E-state index in [1.165, 1.54) is 19.2 Å². The number of nitrogens with two attached hydrogens (primary N) is 1. The van der Waals surface area contributed by atoms with Gasteiger partial charge in [-0.05, 0) is 32.2 Å². The molecule has 0 aliphatic carbocycles. The Kier molecular flexibility index (Phi) is 4.33. The molecule has 17 heavy (non-hydrogen) atoms. The zero-order chi connectivity index (χ0) is 13.1. The van der Waals surface area contributed by atoms with Crippen LogP contribution in [-0.2, 0) is 10.0 Å². The van der Waals surface area contributed by atoms with Gasteiger partial charge in [0.25, 0.3) is 0 Å². The molecule has 96 valence electrons. The van der Waals surface area contributed by atoms with Gasteiger partial charge in [-0.2, -0.15) is 0 Å². The van der Waals surface area contributed by atoms with Gasteiger partial charge in [0.15, 0.2) is 0 Å². The van der Waals surface area contributed by atoms with Crippen LogP contribution in [0.4, 0.5) is 11.4 Å². The average molecular weight is 259 g/mol. The van der Waals surface area contributed by atoms with Gasteiger partial charge in [-0.3, -0.25) is 0 Å². The molecule has 0 aliphatic rings. The summed E-state index contributed by atoms with van der Waals surface area (Å²) in [5.74, 6) is 0. The number of anilines is 2. The minimum absolute atomic E-state index is 0.0317. The summed E-state index contributed by atoms with van der Waals surface area (Å²) < 4.78 is 25.2. The van der Waals surface area contributed by atoms with Crippen LogP contribution in [0.15, 0.2) is 23.1 Å². The molecule has 6 nitrogen and oxygen atoms in total. The Morgan fingerprint density at radius 3 is 2.59 bits per heavy atom. The van der Waals surface area contributed by atoms with Gasteiger partial charge in [0.1, 0.15) is 0 Å². The number of benzene rings is 1. The lowest BCUT2D eigenvalue weighted by Crippen LogP contribution is -2.21. The van der Waals surface area contributed by atoms with E-state index in [0.717, 1.165) is 0 Å². The molecule has 7 heteroatoms. The number of aliphatic hydroxyl groups excluding tert-OH is 1. The number of nitrogens with one attached hydrogen (secondary N) is 2. The Morgan fingerprint density at radius 1 is 1.47 bits per heavy atom. The summed E-state index contributed by atoms with van der Waals surface area (Å²) in [6.07, 6.45) is 0. The highest BCUT2D eigenvalue weighted by molar-refractivity contribution is 7.89. The summed E-state index contributed by atoms with van der Waals surface area (Å²) in [4.78, 5) is 0.111. The number of hydrogen-bond donors (Lipinski definition) is 4. The Hall–Kier alpha value is -1.31. The molecule has 1 aromatic rings. The zero-order valence-electron chi connectivity index (χ0n) is 9.77. The van der Waals surface area contributed by atoms with E-state index in [1.54, 1.807) is 13.0 Å². The third-order valence-corrected chi connectivity index (χ3v) is 3.69. The maximum Gasteiger partial charge on any atom is 0.240 e. The van der Waals surface area contributed by atoms with Crippen molar-refractivity contribution >= 4 is 21.4 Å². The lowest BCUT2D eigenvalue weighted by molar-refractivity contribution is 0.281. The summed E-state index contributed by atoms with van der Waals surface area (Å²) in [7, 11) is -2.14. The first kappa shape index (κ1) is 13.8. The molecule has 0 aromatic heterocycles. The van der Waals surface area contributed by atoms with Crippen molar-refractivity contribution in [1.82, 2.24) is 4.72 Å². The number of sulfonamides is 1. The molecule has 1 atom stereocenters. The number of rotatable bonds is 5. The Morgan fingerprint density at radius 2 is 2.12 bits per heavy atom. The first-order chi connectivity index (χ1) is 7.90. The van der Waals surface area contributed by atoms with E-state index < -0.39 is 10.0 Å². The standard InChI is InChI=1S/C10H17N3O3S/c1-7(6-14)13-10-4-3-8(5-9(10)11)17(15,16)12-2/h3-5,7,12-14H,6,11H2,1-2H3. The quantitative estimate of drug-likeness (QED) is 0.556. The highest BCUT2D eigenvalue weighted by atomic mass is 32.2. The molecule has 0 fully saturated rings. The maximum atomic E-state index is 11.5. The summed E-state index contributed by atoms with van der Waals surface area (Å²) in [5, 5.41) is 11.9. The topological polar surface area (TPSA) is 104 Å². The van der Waals surface area contributed by atoms with E-state index in [2.05, 4.69) is 10.0 Å². The van der Waals surface area contributed by atoms with E-state index >= 15 is 0 Å². The molecule has 0 bridgehead atoms. The highest BCUT2D eigenvalue weighted by Crippen LogP contribution is 2.22. The fourth-order valence-electron chi connectivity index (χ4n) is 1.27. The van der Waals surface area contributed by atoms with Crippen LogP contribution in [0.2, 0.25) is 0 Å². The molecular formula is C10H17N3O3S. The summed E-state index contributed by atoms with van der Waals surface area (Å²) >= 11 is 0.